The van der Waals surface area contributed by atoms with Gasteiger partial charge < -0.3 is 10.2 Å². The van der Waals surface area contributed by atoms with Crippen molar-refractivity contribution < 1.29 is 4.79 Å². The van der Waals surface area contributed by atoms with E-state index in [0.29, 0.717) is 0 Å². The fourth-order valence-electron chi connectivity index (χ4n) is 2.46. The highest BCUT2D eigenvalue weighted by molar-refractivity contribution is 5.79. The molecule has 1 aliphatic heterocycles. The lowest BCUT2D eigenvalue weighted by molar-refractivity contribution is -0.107. The molecule has 0 bridgehead atoms. The van der Waals surface area contributed by atoms with Crippen LogP contribution in [-0.2, 0) is 17.8 Å². The molecule has 0 atom stereocenters. The van der Waals surface area contributed by atoms with Crippen LogP contribution < -0.4 is 10.2 Å². The second kappa shape index (κ2) is 5.14. The van der Waals surface area contributed by atoms with Gasteiger partial charge in [-0.25, -0.2) is 0 Å². The number of fused-ring (bicyclic) bond motifs is 1. The number of rotatable bonds is 4. The molecule has 19 heavy (non-hydrogen) atoms. The van der Waals surface area contributed by atoms with Crippen LogP contribution in [0.15, 0.2) is 48.5 Å². The van der Waals surface area contributed by atoms with Crippen molar-refractivity contribution in [1.29, 1.82) is 0 Å². The molecule has 0 aliphatic carbocycles. The molecule has 2 aromatic carbocycles. The first-order valence-electron chi connectivity index (χ1n) is 6.49. The first kappa shape index (κ1) is 11.8. The lowest BCUT2D eigenvalue weighted by atomic mass is 10.1. The van der Waals surface area contributed by atoms with Gasteiger partial charge in [0, 0.05) is 24.5 Å². The van der Waals surface area contributed by atoms with E-state index in [1.165, 1.54) is 11.1 Å². The number of benzene rings is 2. The summed E-state index contributed by atoms with van der Waals surface area (Å²) < 4.78 is 0. The fraction of sp³-hybridized carbons (Fsp3) is 0.188. The summed E-state index contributed by atoms with van der Waals surface area (Å²) in [6, 6.07) is 16.5. The van der Waals surface area contributed by atoms with Gasteiger partial charge in [0.15, 0.2) is 0 Å². The van der Waals surface area contributed by atoms with E-state index in [4.69, 9.17) is 0 Å². The summed E-state index contributed by atoms with van der Waals surface area (Å²) in [4.78, 5) is 12.6. The van der Waals surface area contributed by atoms with Gasteiger partial charge in [0.2, 0.25) is 6.41 Å². The number of hydrogen-bond acceptors (Lipinski definition) is 2. The zero-order valence-corrected chi connectivity index (χ0v) is 10.7. The maximum Gasteiger partial charge on any atom is 0.214 e. The van der Waals surface area contributed by atoms with Crippen molar-refractivity contribution in [3.05, 3.63) is 59.7 Å². The molecule has 0 unspecified atom stereocenters. The van der Waals surface area contributed by atoms with Crippen LogP contribution in [0.5, 0.6) is 0 Å². The van der Waals surface area contributed by atoms with E-state index in [1.54, 1.807) is 4.90 Å². The number of nitrogens with zero attached hydrogens (tertiary/aromatic N) is 1. The summed E-state index contributed by atoms with van der Waals surface area (Å²) in [5, 5.41) is 3.39. The maximum absolute atomic E-state index is 10.9. The molecule has 3 heteroatoms. The zero-order valence-electron chi connectivity index (χ0n) is 10.7. The second-order valence-electron chi connectivity index (χ2n) is 4.73. The predicted octanol–water partition coefficient (Wildman–Crippen LogP) is 2.82. The van der Waals surface area contributed by atoms with Crippen LogP contribution in [0.2, 0.25) is 0 Å². The number of carbonyl (C=O) groups is 1. The van der Waals surface area contributed by atoms with Gasteiger partial charge in [0.05, 0.1) is 0 Å². The van der Waals surface area contributed by atoms with Crippen LogP contribution in [0.3, 0.4) is 0 Å². The molecule has 0 saturated heterocycles. The van der Waals surface area contributed by atoms with E-state index in [-0.39, 0.29) is 0 Å². The summed E-state index contributed by atoms with van der Waals surface area (Å²) >= 11 is 0. The van der Waals surface area contributed by atoms with E-state index in [2.05, 4.69) is 29.6 Å². The van der Waals surface area contributed by atoms with E-state index in [1.807, 2.05) is 24.3 Å². The van der Waals surface area contributed by atoms with Gasteiger partial charge in [-0.3, -0.25) is 4.79 Å². The van der Waals surface area contributed by atoms with Crippen molar-refractivity contribution >= 4 is 17.8 Å². The van der Waals surface area contributed by atoms with Crippen molar-refractivity contribution in [3.8, 4) is 0 Å². The molecule has 3 rings (SSSR count). The van der Waals surface area contributed by atoms with Gasteiger partial charge in [-0.15, -0.1) is 0 Å². The highest BCUT2D eigenvalue weighted by atomic mass is 16.1. The smallest absolute Gasteiger partial charge is 0.214 e. The molecule has 0 radical (unpaired) electrons. The average Bonchev–Trinajstić information content (AvgIpc) is 2.88. The molecule has 1 heterocycles. The van der Waals surface area contributed by atoms with Crippen LogP contribution in [0.4, 0.5) is 11.4 Å². The fourth-order valence-corrected chi connectivity index (χ4v) is 2.46. The lowest BCUT2D eigenvalue weighted by Crippen LogP contribution is -2.17. The number of para-hydroxylation sites is 1. The van der Waals surface area contributed by atoms with Gasteiger partial charge >= 0.3 is 0 Å². The van der Waals surface area contributed by atoms with Crippen molar-refractivity contribution in [1.82, 2.24) is 0 Å². The molecule has 2 aromatic rings. The molecule has 1 amide bonds. The summed E-state index contributed by atoms with van der Waals surface area (Å²) in [7, 11) is 0. The Kier molecular flexibility index (Phi) is 3.19. The Labute approximate surface area is 112 Å². The lowest BCUT2D eigenvalue weighted by Gasteiger charge is -2.11. The molecular weight excluding hydrogens is 236 g/mol. The SMILES string of the molecule is O=CN1CCc2cc(CNc3ccccc3)ccc21. The third-order valence-corrected chi connectivity index (χ3v) is 3.47. The highest BCUT2D eigenvalue weighted by Gasteiger charge is 2.18. The summed E-state index contributed by atoms with van der Waals surface area (Å²) in [5.74, 6) is 0. The number of nitrogens with one attached hydrogen (secondary N) is 1. The average molecular weight is 252 g/mol. The highest BCUT2D eigenvalue weighted by Crippen LogP contribution is 2.27. The van der Waals surface area contributed by atoms with Crippen molar-refractivity contribution in [3.63, 3.8) is 0 Å². The number of carbonyl (C=O) groups excluding carboxylic acids is 1. The van der Waals surface area contributed by atoms with E-state index in [9.17, 15) is 4.79 Å². The molecule has 1 aliphatic rings. The minimum absolute atomic E-state index is 0.800. The Hall–Kier alpha value is -2.29. The van der Waals surface area contributed by atoms with E-state index in [0.717, 1.165) is 37.3 Å². The molecule has 0 fully saturated rings. The van der Waals surface area contributed by atoms with E-state index < -0.39 is 0 Å². The predicted molar refractivity (Wildman–Crippen MR) is 77.3 cm³/mol. The van der Waals surface area contributed by atoms with Crippen LogP contribution in [0, 0.1) is 0 Å². The summed E-state index contributed by atoms with van der Waals surface area (Å²) in [5.41, 5.74) is 4.69. The minimum atomic E-state index is 0.800. The van der Waals surface area contributed by atoms with E-state index >= 15 is 0 Å². The Morgan fingerprint density at radius 1 is 1.16 bits per heavy atom. The first-order chi connectivity index (χ1) is 9.36. The second-order valence-corrected chi connectivity index (χ2v) is 4.73. The third-order valence-electron chi connectivity index (χ3n) is 3.47. The van der Waals surface area contributed by atoms with Gasteiger partial charge in [-0.05, 0) is 35.7 Å². The number of amides is 1. The molecule has 0 spiro atoms. The Morgan fingerprint density at radius 3 is 2.79 bits per heavy atom. The molecule has 96 valence electrons. The molecule has 1 N–H and O–H groups in total. The Morgan fingerprint density at radius 2 is 2.00 bits per heavy atom. The first-order valence-corrected chi connectivity index (χ1v) is 6.49. The largest absolute Gasteiger partial charge is 0.381 e. The van der Waals surface area contributed by atoms with Crippen LogP contribution in [-0.4, -0.2) is 13.0 Å². The quantitative estimate of drug-likeness (QED) is 0.849. The third kappa shape index (κ3) is 2.45. The molecule has 0 aromatic heterocycles. The standard InChI is InChI=1S/C16H16N2O/c19-12-18-9-8-14-10-13(6-7-16(14)18)11-17-15-4-2-1-3-5-15/h1-7,10,12,17H,8-9,11H2. The van der Waals surface area contributed by atoms with Gasteiger partial charge in [-0.1, -0.05) is 30.3 Å². The van der Waals surface area contributed by atoms with Crippen LogP contribution in [0.25, 0.3) is 0 Å². The Balaban J connectivity index is 1.72. The van der Waals surface area contributed by atoms with Crippen LogP contribution >= 0.6 is 0 Å². The van der Waals surface area contributed by atoms with Gasteiger partial charge in [0.25, 0.3) is 0 Å². The molecule has 0 saturated carbocycles. The van der Waals surface area contributed by atoms with Crippen LogP contribution in [0.1, 0.15) is 11.1 Å². The summed E-state index contributed by atoms with van der Waals surface area (Å²) in [6.45, 7) is 1.60. The van der Waals surface area contributed by atoms with Gasteiger partial charge in [0.1, 0.15) is 0 Å². The topological polar surface area (TPSA) is 32.3 Å². The van der Waals surface area contributed by atoms with Crippen molar-refractivity contribution in [2.75, 3.05) is 16.8 Å². The van der Waals surface area contributed by atoms with Crippen molar-refractivity contribution in [2.24, 2.45) is 0 Å². The summed E-state index contributed by atoms with van der Waals surface area (Å²) in [6.07, 6.45) is 1.86. The van der Waals surface area contributed by atoms with Gasteiger partial charge in [-0.2, -0.15) is 0 Å². The maximum atomic E-state index is 10.9. The normalized spacial score (nSPS) is 13.2. The molecular formula is C16H16N2O. The number of hydrogen-bond donors (Lipinski definition) is 1. The van der Waals surface area contributed by atoms with Crippen molar-refractivity contribution in [2.45, 2.75) is 13.0 Å². The Bertz CT molecular complexity index is 581. The zero-order chi connectivity index (χ0) is 13.1. The molecule has 3 nitrogen and oxygen atoms in total. The number of anilines is 2. The monoisotopic (exact) mass is 252 g/mol. The minimum Gasteiger partial charge on any atom is -0.381 e.